The standard InChI is InChI=1S/C12H16N2OS/c1-4-5-6-7-11(15)14-12-13-10(8-16-12)9(2)3/h4-9H,1-3H3,(H,13,14,15)/b5-4+,7-6+. The maximum absolute atomic E-state index is 11.4. The zero-order chi connectivity index (χ0) is 12.0. The number of allylic oxidation sites excluding steroid dienone is 3. The van der Waals surface area contributed by atoms with Gasteiger partial charge in [-0.15, -0.1) is 11.3 Å². The van der Waals surface area contributed by atoms with Crippen LogP contribution in [0.4, 0.5) is 5.13 Å². The number of carbonyl (C=O) groups is 1. The summed E-state index contributed by atoms with van der Waals surface area (Å²) in [6, 6.07) is 0. The summed E-state index contributed by atoms with van der Waals surface area (Å²) < 4.78 is 0. The van der Waals surface area contributed by atoms with E-state index in [0.29, 0.717) is 11.0 Å². The molecule has 3 nitrogen and oxygen atoms in total. The molecule has 0 unspecified atom stereocenters. The molecule has 1 aromatic heterocycles. The van der Waals surface area contributed by atoms with Gasteiger partial charge in [0.15, 0.2) is 5.13 Å². The summed E-state index contributed by atoms with van der Waals surface area (Å²) in [6.07, 6.45) is 6.85. The lowest BCUT2D eigenvalue weighted by molar-refractivity contribution is -0.111. The summed E-state index contributed by atoms with van der Waals surface area (Å²) in [4.78, 5) is 15.7. The SMILES string of the molecule is C/C=C/C=C/C(=O)Nc1nc(C(C)C)cs1. The van der Waals surface area contributed by atoms with E-state index in [4.69, 9.17) is 0 Å². The van der Waals surface area contributed by atoms with E-state index in [1.54, 1.807) is 12.2 Å². The van der Waals surface area contributed by atoms with Gasteiger partial charge in [0, 0.05) is 11.5 Å². The number of rotatable bonds is 4. The van der Waals surface area contributed by atoms with E-state index in [1.807, 2.05) is 18.4 Å². The van der Waals surface area contributed by atoms with Gasteiger partial charge in [0.2, 0.25) is 5.91 Å². The quantitative estimate of drug-likeness (QED) is 0.643. The van der Waals surface area contributed by atoms with Crippen LogP contribution >= 0.6 is 11.3 Å². The molecule has 16 heavy (non-hydrogen) atoms. The van der Waals surface area contributed by atoms with E-state index < -0.39 is 0 Å². The molecule has 1 rings (SSSR count). The molecular formula is C12H16N2OS. The first-order valence-electron chi connectivity index (χ1n) is 5.19. The molecule has 1 amide bonds. The maximum Gasteiger partial charge on any atom is 0.250 e. The van der Waals surface area contributed by atoms with Gasteiger partial charge in [-0.1, -0.05) is 32.1 Å². The number of nitrogens with zero attached hydrogens (tertiary/aromatic N) is 1. The van der Waals surface area contributed by atoms with Gasteiger partial charge >= 0.3 is 0 Å². The molecule has 1 heterocycles. The van der Waals surface area contributed by atoms with E-state index in [9.17, 15) is 4.79 Å². The molecule has 1 N–H and O–H groups in total. The summed E-state index contributed by atoms with van der Waals surface area (Å²) >= 11 is 1.45. The van der Waals surface area contributed by atoms with Gasteiger partial charge in [0.05, 0.1) is 5.69 Å². The summed E-state index contributed by atoms with van der Waals surface area (Å²) in [7, 11) is 0. The first kappa shape index (κ1) is 12.6. The molecule has 0 spiro atoms. The highest BCUT2D eigenvalue weighted by atomic mass is 32.1. The smallest absolute Gasteiger partial charge is 0.250 e. The van der Waals surface area contributed by atoms with Crippen LogP contribution in [0, 0.1) is 0 Å². The number of hydrogen-bond acceptors (Lipinski definition) is 3. The van der Waals surface area contributed by atoms with Crippen molar-refractivity contribution in [3.05, 3.63) is 35.4 Å². The molecule has 0 atom stereocenters. The Kier molecular flexibility index (Phi) is 4.92. The number of amides is 1. The summed E-state index contributed by atoms with van der Waals surface area (Å²) in [6.45, 7) is 6.05. The van der Waals surface area contributed by atoms with Crippen LogP contribution in [0.15, 0.2) is 29.7 Å². The second kappa shape index (κ2) is 6.23. The van der Waals surface area contributed by atoms with E-state index in [0.717, 1.165) is 5.69 Å². The highest BCUT2D eigenvalue weighted by Crippen LogP contribution is 2.21. The first-order valence-corrected chi connectivity index (χ1v) is 6.07. The van der Waals surface area contributed by atoms with Crippen LogP contribution in [0.5, 0.6) is 0 Å². The van der Waals surface area contributed by atoms with Gasteiger partial charge in [-0.25, -0.2) is 4.98 Å². The van der Waals surface area contributed by atoms with E-state index >= 15 is 0 Å². The first-order chi connectivity index (χ1) is 7.63. The minimum atomic E-state index is -0.150. The molecule has 1 aromatic rings. The largest absolute Gasteiger partial charge is 0.298 e. The number of hydrogen-bond donors (Lipinski definition) is 1. The van der Waals surface area contributed by atoms with Crippen LogP contribution in [-0.4, -0.2) is 10.9 Å². The second-order valence-electron chi connectivity index (χ2n) is 3.61. The Morgan fingerprint density at radius 1 is 1.50 bits per heavy atom. The van der Waals surface area contributed by atoms with Crippen molar-refractivity contribution in [1.29, 1.82) is 0 Å². The molecule has 0 aliphatic carbocycles. The predicted octanol–water partition coefficient (Wildman–Crippen LogP) is 3.34. The van der Waals surface area contributed by atoms with Crippen LogP contribution < -0.4 is 5.32 Å². The van der Waals surface area contributed by atoms with Crippen molar-refractivity contribution in [3.63, 3.8) is 0 Å². The zero-order valence-electron chi connectivity index (χ0n) is 9.73. The van der Waals surface area contributed by atoms with Crippen LogP contribution in [0.1, 0.15) is 32.4 Å². The molecule has 4 heteroatoms. The van der Waals surface area contributed by atoms with Crippen molar-refractivity contribution in [2.45, 2.75) is 26.7 Å². The van der Waals surface area contributed by atoms with Crippen molar-refractivity contribution in [2.24, 2.45) is 0 Å². The number of nitrogens with one attached hydrogen (secondary N) is 1. The minimum Gasteiger partial charge on any atom is -0.298 e. The average molecular weight is 236 g/mol. The van der Waals surface area contributed by atoms with Crippen LogP contribution in [0.25, 0.3) is 0 Å². The number of carbonyl (C=O) groups excluding carboxylic acids is 1. The maximum atomic E-state index is 11.4. The van der Waals surface area contributed by atoms with Gasteiger partial charge in [-0.05, 0) is 12.8 Å². The Bertz CT molecular complexity index is 405. The molecule has 0 aromatic carbocycles. The van der Waals surface area contributed by atoms with Gasteiger partial charge in [-0.3, -0.25) is 10.1 Å². The number of thiazole rings is 1. The number of aromatic nitrogens is 1. The molecule has 0 fully saturated rings. The third kappa shape index (κ3) is 3.98. The Morgan fingerprint density at radius 2 is 2.25 bits per heavy atom. The lowest BCUT2D eigenvalue weighted by Crippen LogP contribution is -2.07. The number of anilines is 1. The van der Waals surface area contributed by atoms with Crippen molar-refractivity contribution >= 4 is 22.4 Å². The van der Waals surface area contributed by atoms with E-state index in [1.165, 1.54) is 17.4 Å². The van der Waals surface area contributed by atoms with Crippen molar-refractivity contribution in [3.8, 4) is 0 Å². The molecule has 0 aliphatic heterocycles. The Morgan fingerprint density at radius 3 is 2.81 bits per heavy atom. The van der Waals surface area contributed by atoms with Crippen molar-refractivity contribution < 1.29 is 4.79 Å². The molecule has 0 saturated carbocycles. The van der Waals surface area contributed by atoms with Gasteiger partial charge < -0.3 is 0 Å². The Balaban J connectivity index is 2.56. The zero-order valence-corrected chi connectivity index (χ0v) is 10.5. The predicted molar refractivity (Wildman–Crippen MR) is 68.8 cm³/mol. The van der Waals surface area contributed by atoms with E-state index in [-0.39, 0.29) is 5.91 Å². The van der Waals surface area contributed by atoms with Gasteiger partial charge in [0.25, 0.3) is 0 Å². The van der Waals surface area contributed by atoms with Crippen molar-refractivity contribution in [2.75, 3.05) is 5.32 Å². The monoisotopic (exact) mass is 236 g/mol. The highest BCUT2D eigenvalue weighted by Gasteiger charge is 2.06. The molecule has 0 aliphatic rings. The fourth-order valence-corrected chi connectivity index (χ4v) is 1.88. The Hall–Kier alpha value is -1.42. The summed E-state index contributed by atoms with van der Waals surface area (Å²) in [5, 5.41) is 5.34. The molecule has 0 bridgehead atoms. The lowest BCUT2D eigenvalue weighted by atomic mass is 10.2. The average Bonchev–Trinajstić information content (AvgIpc) is 2.66. The van der Waals surface area contributed by atoms with Gasteiger partial charge in [-0.2, -0.15) is 0 Å². The topological polar surface area (TPSA) is 42.0 Å². The summed E-state index contributed by atoms with van der Waals surface area (Å²) in [5.74, 6) is 0.239. The van der Waals surface area contributed by atoms with E-state index in [2.05, 4.69) is 24.1 Å². The normalized spacial score (nSPS) is 11.8. The van der Waals surface area contributed by atoms with Gasteiger partial charge in [0.1, 0.15) is 0 Å². The fraction of sp³-hybridized carbons (Fsp3) is 0.333. The highest BCUT2D eigenvalue weighted by molar-refractivity contribution is 7.13. The molecular weight excluding hydrogens is 220 g/mol. The fourth-order valence-electron chi connectivity index (χ4n) is 1.01. The molecule has 86 valence electrons. The van der Waals surface area contributed by atoms with Crippen molar-refractivity contribution in [1.82, 2.24) is 4.98 Å². The molecule has 0 saturated heterocycles. The minimum absolute atomic E-state index is 0.150. The van der Waals surface area contributed by atoms with Crippen LogP contribution in [0.3, 0.4) is 0 Å². The second-order valence-corrected chi connectivity index (χ2v) is 4.46. The Labute approximate surface area is 99.9 Å². The summed E-state index contributed by atoms with van der Waals surface area (Å²) in [5.41, 5.74) is 1.01. The van der Waals surface area contributed by atoms with Crippen LogP contribution in [-0.2, 0) is 4.79 Å². The van der Waals surface area contributed by atoms with Crippen LogP contribution in [0.2, 0.25) is 0 Å². The lowest BCUT2D eigenvalue weighted by Gasteiger charge is -1.97. The third-order valence-electron chi connectivity index (χ3n) is 1.89. The molecule has 0 radical (unpaired) electrons. The third-order valence-corrected chi connectivity index (χ3v) is 2.67.